The highest BCUT2D eigenvalue weighted by molar-refractivity contribution is 7.99. The summed E-state index contributed by atoms with van der Waals surface area (Å²) in [7, 11) is 0. The van der Waals surface area contributed by atoms with E-state index >= 15 is 0 Å². The van der Waals surface area contributed by atoms with Crippen molar-refractivity contribution in [1.82, 2.24) is 5.32 Å². The van der Waals surface area contributed by atoms with E-state index in [1.165, 1.54) is 17.8 Å². The Balaban J connectivity index is 1.70. The molecule has 2 aromatic carbocycles. The van der Waals surface area contributed by atoms with Crippen LogP contribution < -0.4 is 10.6 Å². The fourth-order valence-corrected chi connectivity index (χ4v) is 3.66. The smallest absolute Gasteiger partial charge is 0.319 e. The fraction of sp³-hybridized carbons (Fsp3) is 0.188. The number of benzene rings is 2. The zero-order chi connectivity index (χ0) is 15.5. The van der Waals surface area contributed by atoms with Crippen molar-refractivity contribution in [2.75, 3.05) is 11.1 Å². The summed E-state index contributed by atoms with van der Waals surface area (Å²) < 4.78 is 13.8. The highest BCUT2D eigenvalue weighted by Crippen LogP contribution is 2.37. The minimum absolute atomic E-state index is 0.181. The standard InChI is InChI=1S/C16H14ClFN2OS/c17-10-4-6-11(7-5-10)19-16(21)20-14-8-9-22-15-12(14)2-1-3-13(15)18/h1-7,14H,8-9H2,(H2,19,20,21). The maximum absolute atomic E-state index is 13.8. The minimum Gasteiger partial charge on any atom is -0.331 e. The number of halogens is 2. The van der Waals surface area contributed by atoms with E-state index in [0.29, 0.717) is 15.6 Å². The van der Waals surface area contributed by atoms with Crippen LogP contribution in [0, 0.1) is 5.82 Å². The number of thioether (sulfide) groups is 1. The van der Waals surface area contributed by atoms with Crippen LogP contribution in [-0.4, -0.2) is 11.8 Å². The molecule has 1 unspecified atom stereocenters. The molecule has 114 valence electrons. The second kappa shape index (κ2) is 6.58. The summed E-state index contributed by atoms with van der Waals surface area (Å²) in [5.74, 6) is 0.548. The molecule has 1 aliphatic heterocycles. The lowest BCUT2D eigenvalue weighted by Crippen LogP contribution is -2.34. The molecule has 0 radical (unpaired) electrons. The molecule has 3 rings (SSSR count). The number of urea groups is 1. The summed E-state index contributed by atoms with van der Waals surface area (Å²) in [6.07, 6.45) is 0.773. The van der Waals surface area contributed by atoms with Crippen LogP contribution in [-0.2, 0) is 0 Å². The van der Waals surface area contributed by atoms with Crippen molar-refractivity contribution in [1.29, 1.82) is 0 Å². The van der Waals surface area contributed by atoms with Crippen LogP contribution in [0.15, 0.2) is 47.4 Å². The third kappa shape index (κ3) is 3.36. The summed E-state index contributed by atoms with van der Waals surface area (Å²) in [6, 6.07) is 11.4. The Morgan fingerprint density at radius 1 is 1.23 bits per heavy atom. The van der Waals surface area contributed by atoms with Crippen molar-refractivity contribution in [2.24, 2.45) is 0 Å². The molecule has 6 heteroatoms. The number of carbonyl (C=O) groups excluding carboxylic acids is 1. The molecule has 2 aromatic rings. The van der Waals surface area contributed by atoms with Gasteiger partial charge in [-0.05, 0) is 42.3 Å². The zero-order valence-electron chi connectivity index (χ0n) is 11.6. The molecular formula is C16H14ClFN2OS. The summed E-state index contributed by atoms with van der Waals surface area (Å²) in [6.45, 7) is 0. The quantitative estimate of drug-likeness (QED) is 0.824. The van der Waals surface area contributed by atoms with Crippen LogP contribution >= 0.6 is 23.4 Å². The van der Waals surface area contributed by atoms with Crippen LogP contribution in [0.2, 0.25) is 5.02 Å². The number of hydrogen-bond donors (Lipinski definition) is 2. The fourth-order valence-electron chi connectivity index (χ4n) is 2.40. The van der Waals surface area contributed by atoms with Gasteiger partial charge in [0.15, 0.2) is 0 Å². The van der Waals surface area contributed by atoms with E-state index in [1.807, 2.05) is 6.07 Å². The SMILES string of the molecule is O=C(Nc1ccc(Cl)cc1)NC1CCSc2c(F)cccc21. The average Bonchev–Trinajstić information content (AvgIpc) is 2.51. The lowest BCUT2D eigenvalue weighted by atomic mass is 10.0. The zero-order valence-corrected chi connectivity index (χ0v) is 13.2. The van der Waals surface area contributed by atoms with Crippen molar-refractivity contribution < 1.29 is 9.18 Å². The van der Waals surface area contributed by atoms with Gasteiger partial charge in [0.1, 0.15) is 5.82 Å². The first-order valence-electron chi connectivity index (χ1n) is 6.88. The topological polar surface area (TPSA) is 41.1 Å². The maximum atomic E-state index is 13.8. The Labute approximate surface area is 137 Å². The van der Waals surface area contributed by atoms with Gasteiger partial charge in [0, 0.05) is 21.4 Å². The number of rotatable bonds is 2. The molecule has 0 bridgehead atoms. The first kappa shape index (κ1) is 15.2. The number of carbonyl (C=O) groups is 1. The number of hydrogen-bond acceptors (Lipinski definition) is 2. The van der Waals surface area contributed by atoms with E-state index < -0.39 is 0 Å². The molecule has 0 spiro atoms. The van der Waals surface area contributed by atoms with E-state index in [-0.39, 0.29) is 17.9 Å². The van der Waals surface area contributed by atoms with Crippen molar-refractivity contribution in [3.63, 3.8) is 0 Å². The molecule has 0 aliphatic carbocycles. The van der Waals surface area contributed by atoms with Gasteiger partial charge in [0.05, 0.1) is 6.04 Å². The molecule has 1 atom stereocenters. The normalized spacial score (nSPS) is 16.7. The van der Waals surface area contributed by atoms with Crippen LogP contribution in [0.4, 0.5) is 14.9 Å². The second-order valence-electron chi connectivity index (χ2n) is 4.95. The first-order chi connectivity index (χ1) is 10.6. The van der Waals surface area contributed by atoms with Gasteiger partial charge in [-0.15, -0.1) is 11.8 Å². The van der Waals surface area contributed by atoms with Crippen molar-refractivity contribution in [3.8, 4) is 0 Å². The Bertz CT molecular complexity index is 693. The van der Waals surface area contributed by atoms with Crippen LogP contribution in [0.5, 0.6) is 0 Å². The van der Waals surface area contributed by atoms with Crippen LogP contribution in [0.25, 0.3) is 0 Å². The van der Waals surface area contributed by atoms with E-state index in [4.69, 9.17) is 11.6 Å². The van der Waals surface area contributed by atoms with Crippen LogP contribution in [0.1, 0.15) is 18.0 Å². The van der Waals surface area contributed by atoms with Gasteiger partial charge in [-0.3, -0.25) is 0 Å². The molecular weight excluding hydrogens is 323 g/mol. The van der Waals surface area contributed by atoms with Gasteiger partial charge in [0.2, 0.25) is 0 Å². The Hall–Kier alpha value is -1.72. The lowest BCUT2D eigenvalue weighted by molar-refractivity contribution is 0.248. The van der Waals surface area contributed by atoms with E-state index in [9.17, 15) is 9.18 Å². The lowest BCUT2D eigenvalue weighted by Gasteiger charge is -2.26. The highest BCUT2D eigenvalue weighted by Gasteiger charge is 2.24. The molecule has 0 fully saturated rings. The number of amides is 2. The van der Waals surface area contributed by atoms with Gasteiger partial charge >= 0.3 is 6.03 Å². The maximum Gasteiger partial charge on any atom is 0.319 e. The molecule has 2 amide bonds. The Kier molecular flexibility index (Phi) is 4.55. The largest absolute Gasteiger partial charge is 0.331 e. The van der Waals surface area contributed by atoms with Crippen molar-refractivity contribution in [3.05, 3.63) is 58.9 Å². The highest BCUT2D eigenvalue weighted by atomic mass is 35.5. The minimum atomic E-state index is -0.311. The average molecular weight is 337 g/mol. The van der Waals surface area contributed by atoms with Gasteiger partial charge in [-0.1, -0.05) is 23.7 Å². The van der Waals surface area contributed by atoms with E-state index in [2.05, 4.69) is 10.6 Å². The van der Waals surface area contributed by atoms with Crippen LogP contribution in [0.3, 0.4) is 0 Å². The molecule has 1 heterocycles. The first-order valence-corrected chi connectivity index (χ1v) is 8.24. The molecule has 1 aliphatic rings. The van der Waals surface area contributed by atoms with E-state index in [0.717, 1.165) is 17.7 Å². The third-order valence-electron chi connectivity index (χ3n) is 3.43. The van der Waals surface area contributed by atoms with Gasteiger partial charge in [-0.25, -0.2) is 9.18 Å². The number of anilines is 1. The molecule has 3 nitrogen and oxygen atoms in total. The molecule has 0 aromatic heterocycles. The monoisotopic (exact) mass is 336 g/mol. The molecule has 22 heavy (non-hydrogen) atoms. The summed E-state index contributed by atoms with van der Waals surface area (Å²) >= 11 is 7.30. The Morgan fingerprint density at radius 3 is 2.77 bits per heavy atom. The summed E-state index contributed by atoms with van der Waals surface area (Å²) in [5.41, 5.74) is 1.49. The van der Waals surface area contributed by atoms with E-state index in [1.54, 1.807) is 30.3 Å². The summed E-state index contributed by atoms with van der Waals surface area (Å²) in [5, 5.41) is 6.27. The van der Waals surface area contributed by atoms with Gasteiger partial charge in [-0.2, -0.15) is 0 Å². The van der Waals surface area contributed by atoms with Gasteiger partial charge < -0.3 is 10.6 Å². The predicted molar refractivity (Wildman–Crippen MR) is 88.1 cm³/mol. The molecule has 2 N–H and O–H groups in total. The van der Waals surface area contributed by atoms with Crippen molar-refractivity contribution in [2.45, 2.75) is 17.4 Å². The predicted octanol–water partition coefficient (Wildman–Crippen LogP) is 4.84. The molecule has 0 saturated carbocycles. The third-order valence-corrected chi connectivity index (χ3v) is 4.84. The molecule has 0 saturated heterocycles. The number of fused-ring (bicyclic) bond motifs is 1. The summed E-state index contributed by atoms with van der Waals surface area (Å²) in [4.78, 5) is 12.7. The second-order valence-corrected chi connectivity index (χ2v) is 6.49. The van der Waals surface area contributed by atoms with Gasteiger partial charge in [0.25, 0.3) is 0 Å². The number of nitrogens with one attached hydrogen (secondary N) is 2. The van der Waals surface area contributed by atoms with Crippen molar-refractivity contribution >= 4 is 35.1 Å². The Morgan fingerprint density at radius 2 is 2.00 bits per heavy atom.